The van der Waals surface area contributed by atoms with Gasteiger partial charge < -0.3 is 0 Å². The summed E-state index contributed by atoms with van der Waals surface area (Å²) in [5.74, 6) is -0.0200. The van der Waals surface area contributed by atoms with Crippen LogP contribution in [0.5, 0.6) is 0 Å². The fourth-order valence-corrected chi connectivity index (χ4v) is 50.7. The quantitative estimate of drug-likeness (QED) is 0.0345. The van der Waals surface area contributed by atoms with Gasteiger partial charge in [0.25, 0.3) is 0 Å². The zero-order chi connectivity index (χ0) is 54.7. The molecule has 0 saturated heterocycles. The van der Waals surface area contributed by atoms with Gasteiger partial charge in [0.2, 0.25) is 0 Å². The molecular formula is C68H130O5Sn2. The number of carbonyl (C=O) groups is 2. The van der Waals surface area contributed by atoms with Crippen LogP contribution < -0.4 is 0 Å². The maximum atomic E-state index is 14.4. The molecule has 7 heteroatoms. The topological polar surface area (TPSA) is 61.8 Å². The smallest absolute Gasteiger partial charge is 0.0882 e. The molecule has 0 aliphatic carbocycles. The molecule has 0 amide bonds. The minimum absolute atomic E-state index is 0.00998. The van der Waals surface area contributed by atoms with E-state index in [9.17, 15) is 9.59 Å². The average molecular weight is 1270 g/mol. The van der Waals surface area contributed by atoms with E-state index >= 15 is 0 Å². The molecular weight excluding hydrogens is 1130 g/mol. The van der Waals surface area contributed by atoms with Crippen molar-refractivity contribution in [2.45, 2.75) is 367 Å². The molecule has 0 aromatic rings. The SMILES string of the molecule is CCCCC/C=C\C/C=C\CCCCCCCC(=O)[O][Sn]([CH2]CCCCCCC)([CH2]CCCCCCC)[O][Sn]([CH2]CCCCCCC)([CH2]CCCCCCC)[O]C(=O)CCCCCCC/C=C/C/C=C/CCCCC. The van der Waals surface area contributed by atoms with E-state index in [2.05, 4.69) is 90.2 Å². The van der Waals surface area contributed by atoms with E-state index in [0.717, 1.165) is 94.8 Å². The average Bonchev–Trinajstić information content (AvgIpc) is 3.40. The number of unbranched alkanes of at least 4 members (excludes halogenated alkanes) is 36. The molecule has 0 bridgehead atoms. The maximum absolute atomic E-state index is 14.4. The van der Waals surface area contributed by atoms with E-state index in [1.807, 2.05) is 0 Å². The fourth-order valence-electron chi connectivity index (χ4n) is 10.4. The summed E-state index contributed by atoms with van der Waals surface area (Å²) in [4.78, 5) is 28.8. The van der Waals surface area contributed by atoms with Crippen molar-refractivity contribution in [1.29, 1.82) is 0 Å². The Hall–Kier alpha value is -0.543. The number of rotatable bonds is 60. The zero-order valence-corrected chi connectivity index (χ0v) is 57.1. The van der Waals surface area contributed by atoms with E-state index < -0.39 is 38.4 Å². The molecule has 0 spiro atoms. The van der Waals surface area contributed by atoms with Crippen molar-refractivity contribution in [2.75, 3.05) is 0 Å². The molecule has 0 unspecified atom stereocenters. The Bertz CT molecular complexity index is 1190. The molecule has 0 atom stereocenters. The first kappa shape index (κ1) is 74.5. The van der Waals surface area contributed by atoms with Crippen LogP contribution in [0.1, 0.15) is 350 Å². The first-order chi connectivity index (χ1) is 36.9. The summed E-state index contributed by atoms with van der Waals surface area (Å²) in [6, 6.07) is 0. The molecule has 5 nitrogen and oxygen atoms in total. The van der Waals surface area contributed by atoms with Crippen LogP contribution in [0.4, 0.5) is 0 Å². The monoisotopic (exact) mass is 1270 g/mol. The van der Waals surface area contributed by atoms with Crippen LogP contribution in [-0.2, 0) is 17.1 Å². The second-order valence-electron chi connectivity index (χ2n) is 22.9. The van der Waals surface area contributed by atoms with E-state index in [0.29, 0.717) is 12.8 Å². The second-order valence-corrected chi connectivity index (χ2v) is 44.7. The Morgan fingerprint density at radius 1 is 0.267 bits per heavy atom. The first-order valence-electron chi connectivity index (χ1n) is 33.6. The Morgan fingerprint density at radius 2 is 0.480 bits per heavy atom. The van der Waals surface area contributed by atoms with Crippen LogP contribution in [0.3, 0.4) is 0 Å². The third-order valence-electron chi connectivity index (χ3n) is 15.3. The van der Waals surface area contributed by atoms with Crippen LogP contribution in [-0.4, -0.2) is 50.3 Å². The summed E-state index contributed by atoms with van der Waals surface area (Å²) in [7, 11) is 0. The first-order valence-corrected chi connectivity index (χ1v) is 46.3. The van der Waals surface area contributed by atoms with Crippen molar-refractivity contribution in [1.82, 2.24) is 0 Å². The van der Waals surface area contributed by atoms with Gasteiger partial charge in [-0.2, -0.15) is 0 Å². The zero-order valence-electron chi connectivity index (χ0n) is 51.4. The number of carbonyl (C=O) groups excluding carboxylic acids is 2. The molecule has 0 aromatic heterocycles. The molecule has 0 fully saturated rings. The van der Waals surface area contributed by atoms with Gasteiger partial charge in [-0.15, -0.1) is 0 Å². The predicted molar refractivity (Wildman–Crippen MR) is 336 cm³/mol. The summed E-state index contributed by atoms with van der Waals surface area (Å²) in [5.41, 5.74) is 0. The molecule has 0 heterocycles. The molecule has 0 aliphatic heterocycles. The molecule has 0 aromatic carbocycles. The van der Waals surface area contributed by atoms with E-state index in [-0.39, 0.29) is 11.9 Å². The summed E-state index contributed by atoms with van der Waals surface area (Å²) in [6.45, 7) is 13.7. The van der Waals surface area contributed by atoms with Gasteiger partial charge in [-0.25, -0.2) is 0 Å². The molecule has 440 valence electrons. The molecule has 0 aliphatic rings. The Balaban J connectivity index is 6.34. The van der Waals surface area contributed by atoms with Gasteiger partial charge in [0.1, 0.15) is 0 Å². The normalized spacial score (nSPS) is 12.5. The third kappa shape index (κ3) is 51.4. The standard InChI is InChI=1S/2C18H32O2.4C8H17.O.2Sn/c2*1-2-3-4-5-6-7-8-9-10-11-12-13-14-15-16-17-18(19)20;4*1-3-5-7-8-6-4-2;;;/h2*6-7,9-10H,2-5,8,11-17H2,1H3,(H,19,20);4*1,3-8H2,2H3;;;/q;;;;;;;2*+1/p-2/b7-6+,10-9+;7-6-,10-9-;;;;;;;. The van der Waals surface area contributed by atoms with Crippen LogP contribution >= 0.6 is 0 Å². The minimum atomic E-state index is -4.17. The van der Waals surface area contributed by atoms with Crippen molar-refractivity contribution in [3.8, 4) is 0 Å². The van der Waals surface area contributed by atoms with Gasteiger partial charge >= 0.3 is 394 Å². The van der Waals surface area contributed by atoms with Crippen molar-refractivity contribution in [3.63, 3.8) is 0 Å². The van der Waals surface area contributed by atoms with E-state index in [1.54, 1.807) is 0 Å². The Kier molecular flexibility index (Phi) is 59.1. The van der Waals surface area contributed by atoms with Gasteiger partial charge in [-0.05, 0) is 25.7 Å². The molecule has 75 heavy (non-hydrogen) atoms. The summed E-state index contributed by atoms with van der Waals surface area (Å²) >= 11 is -8.34. The predicted octanol–water partition coefficient (Wildman–Crippen LogP) is 24.0. The van der Waals surface area contributed by atoms with Crippen LogP contribution in [0.15, 0.2) is 48.6 Å². The van der Waals surface area contributed by atoms with Gasteiger partial charge in [0, 0.05) is 0 Å². The van der Waals surface area contributed by atoms with Gasteiger partial charge in [-0.3, -0.25) is 0 Å². The molecule has 0 radical (unpaired) electrons. The molecule has 0 N–H and O–H groups in total. The van der Waals surface area contributed by atoms with Gasteiger partial charge in [0.15, 0.2) is 0 Å². The van der Waals surface area contributed by atoms with Gasteiger partial charge in [0.05, 0.1) is 0 Å². The van der Waals surface area contributed by atoms with Crippen LogP contribution in [0.25, 0.3) is 0 Å². The Morgan fingerprint density at radius 3 is 0.760 bits per heavy atom. The van der Waals surface area contributed by atoms with E-state index in [1.165, 1.54) is 218 Å². The number of hydrogen-bond acceptors (Lipinski definition) is 5. The summed E-state index contributed by atoms with van der Waals surface area (Å²) in [5, 5.41) is 0. The Labute approximate surface area is 480 Å². The molecule has 0 rings (SSSR count). The molecule has 0 saturated carbocycles. The van der Waals surface area contributed by atoms with Gasteiger partial charge in [-0.1, -0.05) is 63.8 Å². The van der Waals surface area contributed by atoms with Crippen molar-refractivity contribution >= 4 is 50.3 Å². The van der Waals surface area contributed by atoms with Crippen molar-refractivity contribution < 1.29 is 17.1 Å². The summed E-state index contributed by atoms with van der Waals surface area (Å²) in [6.07, 6.45) is 74.5. The van der Waals surface area contributed by atoms with E-state index in [4.69, 9.17) is 7.56 Å². The van der Waals surface area contributed by atoms with Crippen LogP contribution in [0.2, 0.25) is 17.7 Å². The van der Waals surface area contributed by atoms with Crippen LogP contribution in [0, 0.1) is 0 Å². The second kappa shape index (κ2) is 59.6. The number of allylic oxidation sites excluding steroid dienone is 8. The minimum Gasteiger partial charge on any atom is -0.0882 e. The number of hydrogen-bond donors (Lipinski definition) is 0. The fraction of sp³-hybridized carbons (Fsp3) is 0.853. The van der Waals surface area contributed by atoms with Crippen molar-refractivity contribution in [2.24, 2.45) is 0 Å². The van der Waals surface area contributed by atoms with Crippen molar-refractivity contribution in [3.05, 3.63) is 48.6 Å². The summed E-state index contributed by atoms with van der Waals surface area (Å²) < 4.78 is 26.1. The third-order valence-corrected chi connectivity index (χ3v) is 47.8.